The number of anilines is 2. The van der Waals surface area contributed by atoms with Crippen LogP contribution in [0.1, 0.15) is 68.6 Å². The Morgan fingerprint density at radius 1 is 0.618 bits per heavy atom. The molecule has 0 saturated heterocycles. The summed E-state index contributed by atoms with van der Waals surface area (Å²) < 4.78 is 0. The van der Waals surface area contributed by atoms with Gasteiger partial charge in [-0.05, 0) is 88.0 Å². The van der Waals surface area contributed by atoms with Gasteiger partial charge in [-0.1, -0.05) is 93.8 Å². The molecule has 0 spiro atoms. The molecule has 2 aliphatic carbocycles. The molecule has 0 unspecified atom stereocenters. The van der Waals surface area contributed by atoms with Gasteiger partial charge in [0.05, 0.1) is 0 Å². The highest BCUT2D eigenvalue weighted by molar-refractivity contribution is 5.86. The van der Waals surface area contributed by atoms with E-state index in [1.54, 1.807) is 0 Å². The fourth-order valence-corrected chi connectivity index (χ4v) is 6.08. The lowest BCUT2D eigenvalue weighted by Crippen LogP contribution is -2.15. The minimum Gasteiger partial charge on any atom is -0.356 e. The van der Waals surface area contributed by atoms with Crippen LogP contribution in [0.5, 0.6) is 0 Å². The molecule has 2 aliphatic rings. The molecule has 0 radical (unpaired) electrons. The average Bonchev–Trinajstić information content (AvgIpc) is 3.11. The van der Waals surface area contributed by atoms with E-state index in [0.29, 0.717) is 0 Å². The standard InChI is InChI=1S/C33H33N/c1-33(2)31-20-15-26(24-11-7-4-8-12-24)21-30(31)29-19-18-28(22-32(29)33)34-27-16-13-25(14-17-27)23-9-5-3-6-10-23/h4,7-8,11-23,34H,3,5-6,9-10H2,1-2H3. The van der Waals surface area contributed by atoms with Gasteiger partial charge in [0.1, 0.15) is 0 Å². The van der Waals surface area contributed by atoms with Crippen molar-refractivity contribution in [2.24, 2.45) is 0 Å². The van der Waals surface area contributed by atoms with E-state index in [1.807, 2.05) is 0 Å². The second-order valence-corrected chi connectivity index (χ2v) is 10.6. The molecule has 1 saturated carbocycles. The minimum atomic E-state index is -0.0115. The quantitative estimate of drug-likeness (QED) is 0.331. The summed E-state index contributed by atoms with van der Waals surface area (Å²) in [5.41, 5.74) is 11.9. The van der Waals surface area contributed by atoms with Gasteiger partial charge in [-0.2, -0.15) is 0 Å². The maximum absolute atomic E-state index is 3.67. The lowest BCUT2D eigenvalue weighted by atomic mass is 9.82. The van der Waals surface area contributed by atoms with E-state index in [2.05, 4.69) is 110 Å². The highest BCUT2D eigenvalue weighted by atomic mass is 14.9. The van der Waals surface area contributed by atoms with E-state index in [1.165, 1.54) is 76.7 Å². The fraction of sp³-hybridized carbons (Fsp3) is 0.273. The third-order valence-corrected chi connectivity index (χ3v) is 8.06. The summed E-state index contributed by atoms with van der Waals surface area (Å²) in [6, 6.07) is 33.7. The van der Waals surface area contributed by atoms with Crippen molar-refractivity contribution in [1.29, 1.82) is 0 Å². The summed E-state index contributed by atoms with van der Waals surface area (Å²) in [5, 5.41) is 3.67. The Bertz CT molecular complexity index is 1310. The maximum atomic E-state index is 3.67. The van der Waals surface area contributed by atoms with Gasteiger partial charge in [0.15, 0.2) is 0 Å². The van der Waals surface area contributed by atoms with Crippen LogP contribution in [0.15, 0.2) is 91.0 Å². The van der Waals surface area contributed by atoms with Crippen molar-refractivity contribution in [2.45, 2.75) is 57.3 Å². The third kappa shape index (κ3) is 3.74. The molecule has 1 heteroatoms. The van der Waals surface area contributed by atoms with Gasteiger partial charge in [0.25, 0.3) is 0 Å². The fourth-order valence-electron chi connectivity index (χ4n) is 6.08. The van der Waals surface area contributed by atoms with E-state index in [-0.39, 0.29) is 5.41 Å². The first kappa shape index (κ1) is 21.2. The van der Waals surface area contributed by atoms with E-state index in [9.17, 15) is 0 Å². The summed E-state index contributed by atoms with van der Waals surface area (Å²) in [4.78, 5) is 0. The summed E-state index contributed by atoms with van der Waals surface area (Å²) in [7, 11) is 0. The van der Waals surface area contributed by atoms with Crippen LogP contribution in [-0.2, 0) is 5.41 Å². The number of nitrogens with one attached hydrogen (secondary N) is 1. The molecule has 0 amide bonds. The number of hydrogen-bond acceptors (Lipinski definition) is 1. The Hall–Kier alpha value is -3.32. The van der Waals surface area contributed by atoms with Crippen molar-refractivity contribution < 1.29 is 0 Å². The van der Waals surface area contributed by atoms with Crippen LogP contribution in [-0.4, -0.2) is 0 Å². The van der Waals surface area contributed by atoms with E-state index >= 15 is 0 Å². The second kappa shape index (κ2) is 8.47. The van der Waals surface area contributed by atoms with Gasteiger partial charge < -0.3 is 5.32 Å². The molecule has 6 rings (SSSR count). The topological polar surface area (TPSA) is 12.0 Å². The Morgan fingerprint density at radius 3 is 2.12 bits per heavy atom. The van der Waals surface area contributed by atoms with Crippen molar-refractivity contribution in [3.63, 3.8) is 0 Å². The van der Waals surface area contributed by atoms with Crippen molar-refractivity contribution in [1.82, 2.24) is 0 Å². The van der Waals surface area contributed by atoms with Crippen LogP contribution >= 0.6 is 0 Å². The van der Waals surface area contributed by atoms with Gasteiger partial charge >= 0.3 is 0 Å². The van der Waals surface area contributed by atoms with Crippen molar-refractivity contribution >= 4 is 11.4 Å². The monoisotopic (exact) mass is 443 g/mol. The molecule has 4 aromatic rings. The number of rotatable bonds is 4. The lowest BCUT2D eigenvalue weighted by molar-refractivity contribution is 0.443. The summed E-state index contributed by atoms with van der Waals surface area (Å²) in [6.45, 7) is 4.70. The highest BCUT2D eigenvalue weighted by Gasteiger charge is 2.35. The van der Waals surface area contributed by atoms with Gasteiger partial charge in [-0.3, -0.25) is 0 Å². The molecule has 1 nitrogen and oxygen atoms in total. The molecule has 0 atom stereocenters. The predicted octanol–water partition coefficient (Wildman–Crippen LogP) is 9.45. The van der Waals surface area contributed by atoms with Gasteiger partial charge in [-0.15, -0.1) is 0 Å². The van der Waals surface area contributed by atoms with Crippen LogP contribution < -0.4 is 5.32 Å². The smallest absolute Gasteiger partial charge is 0.0387 e. The van der Waals surface area contributed by atoms with Crippen LogP contribution in [0.4, 0.5) is 11.4 Å². The number of fused-ring (bicyclic) bond motifs is 3. The Balaban J connectivity index is 1.28. The molecule has 0 aliphatic heterocycles. The van der Waals surface area contributed by atoms with Crippen LogP contribution in [0, 0.1) is 0 Å². The molecular weight excluding hydrogens is 410 g/mol. The Kier molecular flexibility index (Phi) is 5.29. The zero-order valence-electron chi connectivity index (χ0n) is 20.3. The Morgan fingerprint density at radius 2 is 1.35 bits per heavy atom. The first-order valence-electron chi connectivity index (χ1n) is 12.8. The van der Waals surface area contributed by atoms with Gasteiger partial charge in [0.2, 0.25) is 0 Å². The number of hydrogen-bond donors (Lipinski definition) is 1. The van der Waals surface area contributed by atoms with Crippen LogP contribution in [0.25, 0.3) is 22.3 Å². The first-order chi connectivity index (χ1) is 16.6. The molecular formula is C33H33N. The summed E-state index contributed by atoms with van der Waals surface area (Å²) >= 11 is 0. The van der Waals surface area contributed by atoms with Gasteiger partial charge in [0, 0.05) is 16.8 Å². The average molecular weight is 444 g/mol. The van der Waals surface area contributed by atoms with Crippen LogP contribution in [0.2, 0.25) is 0 Å². The molecule has 4 aromatic carbocycles. The normalized spacial score (nSPS) is 16.6. The second-order valence-electron chi connectivity index (χ2n) is 10.6. The summed E-state index contributed by atoms with van der Waals surface area (Å²) in [5.74, 6) is 0.753. The number of benzene rings is 4. The van der Waals surface area contributed by atoms with Crippen LogP contribution in [0.3, 0.4) is 0 Å². The maximum Gasteiger partial charge on any atom is 0.0387 e. The van der Waals surface area contributed by atoms with Crippen molar-refractivity contribution in [3.05, 3.63) is 108 Å². The SMILES string of the molecule is CC1(C)c2ccc(-c3ccccc3)cc2-c2ccc(Nc3ccc(C4CCCCC4)cc3)cc21. The Labute approximate surface area is 203 Å². The molecule has 0 heterocycles. The predicted molar refractivity (Wildman–Crippen MR) is 145 cm³/mol. The van der Waals surface area contributed by atoms with Gasteiger partial charge in [-0.25, -0.2) is 0 Å². The van der Waals surface area contributed by atoms with Crippen molar-refractivity contribution in [3.8, 4) is 22.3 Å². The lowest BCUT2D eigenvalue weighted by Gasteiger charge is -2.23. The molecule has 1 N–H and O–H groups in total. The zero-order chi connectivity index (χ0) is 23.1. The molecule has 170 valence electrons. The highest BCUT2D eigenvalue weighted by Crippen LogP contribution is 2.50. The molecule has 1 fully saturated rings. The zero-order valence-corrected chi connectivity index (χ0v) is 20.3. The van der Waals surface area contributed by atoms with Crippen molar-refractivity contribution in [2.75, 3.05) is 5.32 Å². The third-order valence-electron chi connectivity index (χ3n) is 8.06. The largest absolute Gasteiger partial charge is 0.356 e. The summed E-state index contributed by atoms with van der Waals surface area (Å²) in [6.07, 6.45) is 6.86. The molecule has 34 heavy (non-hydrogen) atoms. The first-order valence-corrected chi connectivity index (χ1v) is 12.8. The van der Waals surface area contributed by atoms with E-state index in [4.69, 9.17) is 0 Å². The van der Waals surface area contributed by atoms with E-state index < -0.39 is 0 Å². The molecule has 0 aromatic heterocycles. The minimum absolute atomic E-state index is 0.0115. The van der Waals surface area contributed by atoms with E-state index in [0.717, 1.165) is 11.6 Å². The molecule has 0 bridgehead atoms.